The van der Waals surface area contributed by atoms with Crippen LogP contribution in [0.15, 0.2) is 24.3 Å². The number of carbonyl (C=O) groups excluding carboxylic acids is 1. The second kappa shape index (κ2) is 16.3. The number of quaternary nitrogens is 1. The third-order valence-electron chi connectivity index (χ3n) is 5.31. The van der Waals surface area contributed by atoms with Crippen molar-refractivity contribution < 1.29 is 18.8 Å². The van der Waals surface area contributed by atoms with Crippen molar-refractivity contribution in [2.75, 3.05) is 33.9 Å². The van der Waals surface area contributed by atoms with E-state index in [1.165, 1.54) is 81.9 Å². The predicted molar refractivity (Wildman–Crippen MR) is 123 cm³/mol. The molecule has 0 aromatic heterocycles. The Morgan fingerprint density at radius 3 is 1.59 bits per heavy atom. The topological polar surface area (TPSA) is 35.5 Å². The number of nitrogens with zero attached hydrogens (tertiary/aromatic N) is 1. The first kappa shape index (κ1) is 27.5. The average Bonchev–Trinajstić information content (AvgIpc) is 2.75. The van der Waals surface area contributed by atoms with Gasteiger partial charge in [-0.2, -0.15) is 0 Å². The Kier molecular flexibility index (Phi) is 15.4. The van der Waals surface area contributed by atoms with Gasteiger partial charge < -0.3 is 14.0 Å². The van der Waals surface area contributed by atoms with Crippen molar-refractivity contribution in [3.8, 4) is 5.75 Å². The van der Waals surface area contributed by atoms with E-state index in [2.05, 4.69) is 49.8 Å². The minimum atomic E-state index is -0.153. The molecule has 0 bridgehead atoms. The number of rotatable bonds is 13. The lowest BCUT2D eigenvalue weighted by Gasteiger charge is -2.39. The normalized spacial score (nSPS) is 11.0. The van der Waals surface area contributed by atoms with Crippen molar-refractivity contribution in [1.82, 2.24) is 0 Å². The molecule has 1 rings (SSSR count). The van der Waals surface area contributed by atoms with E-state index in [0.717, 1.165) is 5.75 Å². The molecule has 1 aromatic carbocycles. The molecule has 0 aliphatic rings. The molecule has 0 saturated carbocycles. The van der Waals surface area contributed by atoms with E-state index in [9.17, 15) is 4.79 Å². The minimum Gasteiger partial charge on any atom is -0.497 e. The van der Waals surface area contributed by atoms with Gasteiger partial charge in [-0.1, -0.05) is 53.9 Å². The van der Waals surface area contributed by atoms with Crippen LogP contribution in [0.25, 0.3) is 0 Å². The van der Waals surface area contributed by atoms with Crippen LogP contribution < -0.4 is 4.74 Å². The van der Waals surface area contributed by atoms with E-state index in [1.54, 1.807) is 21.0 Å². The van der Waals surface area contributed by atoms with Crippen LogP contribution in [-0.4, -0.2) is 44.3 Å². The third-order valence-corrected chi connectivity index (χ3v) is 5.31. The summed E-state index contributed by atoms with van der Waals surface area (Å²) in [4.78, 5) is 10.3. The van der Waals surface area contributed by atoms with Crippen LogP contribution in [0.5, 0.6) is 5.75 Å². The molecule has 4 nitrogen and oxygen atoms in total. The van der Waals surface area contributed by atoms with Gasteiger partial charge in [0.1, 0.15) is 12.3 Å². The van der Waals surface area contributed by atoms with Crippen LogP contribution in [0.2, 0.25) is 0 Å². The zero-order chi connectivity index (χ0) is 22.1. The summed E-state index contributed by atoms with van der Waals surface area (Å²) < 4.78 is 10.9. The molecule has 0 amide bonds. The highest BCUT2D eigenvalue weighted by molar-refractivity contribution is 5.71. The molecule has 0 heterocycles. The summed E-state index contributed by atoms with van der Waals surface area (Å²) in [5.74, 6) is 0.808. The number of ether oxygens (including phenoxy) is 2. The smallest absolute Gasteiger partial charge is 0.308 e. The zero-order valence-corrected chi connectivity index (χ0v) is 20.1. The standard InChI is InChI=1S/C20H36NO.C5H10O2/c1-5-8-15-21(16-9-6-2,17-10-7-3)18-19-11-13-20(22-4)14-12-19;1-4(2)5(6)7-3/h11-14H,5-10,15-18H2,1-4H3;4H,1-3H3/q+1;. The molecule has 0 saturated heterocycles. The van der Waals surface area contributed by atoms with E-state index in [0.29, 0.717) is 0 Å². The summed E-state index contributed by atoms with van der Waals surface area (Å²) in [6.07, 6.45) is 7.89. The average molecular weight is 409 g/mol. The van der Waals surface area contributed by atoms with Crippen LogP contribution >= 0.6 is 0 Å². The Bertz CT molecular complexity index is 504. The molecule has 0 radical (unpaired) electrons. The number of benzene rings is 1. The fraction of sp³-hybridized carbons (Fsp3) is 0.720. The predicted octanol–water partition coefficient (Wildman–Crippen LogP) is 6.23. The maximum atomic E-state index is 10.3. The Morgan fingerprint density at radius 2 is 1.31 bits per heavy atom. The second-order valence-corrected chi connectivity index (χ2v) is 8.26. The van der Waals surface area contributed by atoms with Crippen LogP contribution in [0.3, 0.4) is 0 Å². The maximum absolute atomic E-state index is 10.3. The van der Waals surface area contributed by atoms with E-state index in [1.807, 2.05) is 0 Å². The molecule has 0 fully saturated rings. The summed E-state index contributed by atoms with van der Waals surface area (Å²) in [5, 5.41) is 0. The SMILES string of the molecule is CCCC[N+](CCCC)(CCCC)Cc1ccc(OC)cc1.COC(=O)C(C)C. The molecule has 0 atom stereocenters. The number of esters is 1. The third kappa shape index (κ3) is 11.9. The molecule has 0 aliphatic heterocycles. The van der Waals surface area contributed by atoms with E-state index in [-0.39, 0.29) is 11.9 Å². The van der Waals surface area contributed by atoms with Crippen LogP contribution in [-0.2, 0) is 16.1 Å². The van der Waals surface area contributed by atoms with Crippen molar-refractivity contribution in [3.05, 3.63) is 29.8 Å². The zero-order valence-electron chi connectivity index (χ0n) is 20.1. The van der Waals surface area contributed by atoms with E-state index >= 15 is 0 Å². The highest BCUT2D eigenvalue weighted by Crippen LogP contribution is 2.21. The largest absolute Gasteiger partial charge is 0.497 e. The fourth-order valence-electron chi connectivity index (χ4n) is 3.41. The molecule has 0 N–H and O–H groups in total. The van der Waals surface area contributed by atoms with Gasteiger partial charge in [0.05, 0.1) is 39.8 Å². The van der Waals surface area contributed by atoms with Gasteiger partial charge in [-0.05, 0) is 43.5 Å². The quantitative estimate of drug-likeness (QED) is 0.287. The van der Waals surface area contributed by atoms with Gasteiger partial charge in [-0.15, -0.1) is 0 Å². The number of carbonyl (C=O) groups is 1. The molecule has 1 aromatic rings. The number of hydrogen-bond donors (Lipinski definition) is 0. The Morgan fingerprint density at radius 1 is 0.862 bits per heavy atom. The van der Waals surface area contributed by atoms with Crippen molar-refractivity contribution in [2.45, 2.75) is 79.7 Å². The Labute approximate surface area is 180 Å². The minimum absolute atomic E-state index is 0.00463. The van der Waals surface area contributed by atoms with Gasteiger partial charge in [0.15, 0.2) is 0 Å². The Hall–Kier alpha value is -1.55. The molecule has 29 heavy (non-hydrogen) atoms. The lowest BCUT2D eigenvalue weighted by molar-refractivity contribution is -0.941. The molecule has 4 heteroatoms. The summed E-state index contributed by atoms with van der Waals surface area (Å²) >= 11 is 0. The molecular weight excluding hydrogens is 362 g/mol. The van der Waals surface area contributed by atoms with Crippen molar-refractivity contribution >= 4 is 5.97 Å². The number of methoxy groups -OCH3 is 2. The highest BCUT2D eigenvalue weighted by atomic mass is 16.5. The van der Waals surface area contributed by atoms with Crippen LogP contribution in [0.1, 0.15) is 78.7 Å². The van der Waals surface area contributed by atoms with E-state index < -0.39 is 0 Å². The lowest BCUT2D eigenvalue weighted by Crippen LogP contribution is -2.49. The maximum Gasteiger partial charge on any atom is 0.308 e. The first-order chi connectivity index (χ1) is 13.9. The van der Waals surface area contributed by atoms with Crippen LogP contribution in [0.4, 0.5) is 0 Å². The monoisotopic (exact) mass is 408 g/mol. The highest BCUT2D eigenvalue weighted by Gasteiger charge is 2.26. The fourth-order valence-corrected chi connectivity index (χ4v) is 3.41. The molecular formula is C25H46NO3+. The Balaban J connectivity index is 0.000000956. The molecule has 168 valence electrons. The molecule has 0 aliphatic carbocycles. The van der Waals surface area contributed by atoms with E-state index in [4.69, 9.17) is 4.74 Å². The number of unbranched alkanes of at least 4 members (excludes halogenated alkanes) is 3. The van der Waals surface area contributed by atoms with Crippen LogP contribution in [0, 0.1) is 5.92 Å². The van der Waals surface area contributed by atoms with Crippen molar-refractivity contribution in [3.63, 3.8) is 0 Å². The van der Waals surface area contributed by atoms with Crippen molar-refractivity contribution in [2.24, 2.45) is 5.92 Å². The second-order valence-electron chi connectivity index (χ2n) is 8.26. The van der Waals surface area contributed by atoms with Gasteiger partial charge in [-0.25, -0.2) is 0 Å². The lowest BCUT2D eigenvalue weighted by atomic mass is 10.1. The van der Waals surface area contributed by atoms with Crippen molar-refractivity contribution in [1.29, 1.82) is 0 Å². The number of hydrogen-bond acceptors (Lipinski definition) is 3. The molecule has 0 unspecified atom stereocenters. The molecule has 0 spiro atoms. The van der Waals surface area contributed by atoms with Gasteiger partial charge in [0.2, 0.25) is 0 Å². The summed E-state index contributed by atoms with van der Waals surface area (Å²) in [6, 6.07) is 8.69. The first-order valence-electron chi connectivity index (χ1n) is 11.4. The summed E-state index contributed by atoms with van der Waals surface area (Å²) in [7, 11) is 3.13. The summed E-state index contributed by atoms with van der Waals surface area (Å²) in [6.45, 7) is 15.7. The first-order valence-corrected chi connectivity index (χ1v) is 11.4. The summed E-state index contributed by atoms with van der Waals surface area (Å²) in [5.41, 5.74) is 1.45. The van der Waals surface area contributed by atoms with Gasteiger partial charge >= 0.3 is 5.97 Å². The van der Waals surface area contributed by atoms with Gasteiger partial charge in [-0.3, -0.25) is 4.79 Å². The van der Waals surface area contributed by atoms with Gasteiger partial charge in [0, 0.05) is 5.56 Å². The van der Waals surface area contributed by atoms with Gasteiger partial charge in [0.25, 0.3) is 0 Å².